The van der Waals surface area contributed by atoms with E-state index in [1.807, 2.05) is 12.3 Å². The molecular weight excluding hydrogens is 298 g/mol. The molecule has 4 nitrogen and oxygen atoms in total. The zero-order valence-electron chi connectivity index (χ0n) is 14.6. The third-order valence-corrected chi connectivity index (χ3v) is 6.10. The number of aromatic nitrogens is 1. The summed E-state index contributed by atoms with van der Waals surface area (Å²) in [5.74, 6) is 1.30. The molecule has 3 heterocycles. The predicted octanol–water partition coefficient (Wildman–Crippen LogP) is 2.74. The van der Waals surface area contributed by atoms with Crippen molar-refractivity contribution in [1.29, 1.82) is 0 Å². The average Bonchev–Trinajstić information content (AvgIpc) is 3.33. The molecule has 1 aromatic rings. The van der Waals surface area contributed by atoms with Crippen LogP contribution < -0.4 is 0 Å². The van der Waals surface area contributed by atoms with Gasteiger partial charge in [-0.15, -0.1) is 0 Å². The largest absolute Gasteiger partial charge is 0.342 e. The fourth-order valence-electron chi connectivity index (χ4n) is 4.57. The van der Waals surface area contributed by atoms with Crippen molar-refractivity contribution in [2.24, 2.45) is 11.3 Å². The summed E-state index contributed by atoms with van der Waals surface area (Å²) in [7, 11) is 0. The SMILES string of the molecule is O=C(CCc1cccnc1)N1CCC2(CCCN(CC3CC3)C2)C1. The van der Waals surface area contributed by atoms with E-state index in [-0.39, 0.29) is 0 Å². The first-order valence-electron chi connectivity index (χ1n) is 9.62. The number of hydrogen-bond acceptors (Lipinski definition) is 3. The molecule has 24 heavy (non-hydrogen) atoms. The predicted molar refractivity (Wildman–Crippen MR) is 94.6 cm³/mol. The number of pyridine rings is 1. The Balaban J connectivity index is 1.29. The lowest BCUT2D eigenvalue weighted by Gasteiger charge is -2.40. The van der Waals surface area contributed by atoms with Crippen LogP contribution in [0.1, 0.15) is 44.1 Å². The Morgan fingerprint density at radius 3 is 2.96 bits per heavy atom. The van der Waals surface area contributed by atoms with Gasteiger partial charge in [0.05, 0.1) is 0 Å². The zero-order valence-corrected chi connectivity index (χ0v) is 14.6. The second-order valence-corrected chi connectivity index (χ2v) is 8.21. The Labute approximate surface area is 145 Å². The molecule has 1 amide bonds. The van der Waals surface area contributed by atoms with Gasteiger partial charge in [-0.05, 0) is 62.6 Å². The highest BCUT2D eigenvalue weighted by molar-refractivity contribution is 5.76. The Kier molecular flexibility index (Phi) is 4.57. The van der Waals surface area contributed by atoms with E-state index in [2.05, 4.69) is 20.9 Å². The summed E-state index contributed by atoms with van der Waals surface area (Å²) in [6.45, 7) is 5.74. The molecule has 130 valence electrons. The van der Waals surface area contributed by atoms with Crippen molar-refractivity contribution in [3.63, 3.8) is 0 Å². The van der Waals surface area contributed by atoms with Gasteiger partial charge in [0.2, 0.25) is 5.91 Å². The fraction of sp³-hybridized carbons (Fsp3) is 0.700. The zero-order chi connectivity index (χ0) is 16.4. The molecule has 2 aliphatic heterocycles. The van der Waals surface area contributed by atoms with Crippen LogP contribution in [0.25, 0.3) is 0 Å². The number of hydrogen-bond donors (Lipinski definition) is 0. The number of carbonyl (C=O) groups excluding carboxylic acids is 1. The van der Waals surface area contributed by atoms with E-state index in [0.717, 1.165) is 31.0 Å². The molecule has 3 aliphatic rings. The van der Waals surface area contributed by atoms with Crippen LogP contribution in [0.15, 0.2) is 24.5 Å². The molecule has 1 saturated carbocycles. The van der Waals surface area contributed by atoms with E-state index in [0.29, 0.717) is 17.7 Å². The van der Waals surface area contributed by atoms with E-state index >= 15 is 0 Å². The molecule has 1 aliphatic carbocycles. The van der Waals surface area contributed by atoms with Crippen molar-refractivity contribution >= 4 is 5.91 Å². The number of carbonyl (C=O) groups is 1. The third-order valence-electron chi connectivity index (χ3n) is 6.10. The van der Waals surface area contributed by atoms with Crippen molar-refractivity contribution in [2.45, 2.75) is 44.9 Å². The minimum absolute atomic E-state index is 0.329. The molecule has 1 unspecified atom stereocenters. The van der Waals surface area contributed by atoms with Crippen LogP contribution in [0.4, 0.5) is 0 Å². The van der Waals surface area contributed by atoms with Gasteiger partial charge < -0.3 is 9.80 Å². The first kappa shape index (κ1) is 16.1. The summed E-state index contributed by atoms with van der Waals surface area (Å²) in [6, 6.07) is 4.00. The fourth-order valence-corrected chi connectivity index (χ4v) is 4.57. The molecule has 0 bridgehead atoms. The van der Waals surface area contributed by atoms with Crippen LogP contribution in [0.5, 0.6) is 0 Å². The van der Waals surface area contributed by atoms with E-state index in [4.69, 9.17) is 0 Å². The number of piperidine rings is 1. The smallest absolute Gasteiger partial charge is 0.222 e. The quantitative estimate of drug-likeness (QED) is 0.834. The van der Waals surface area contributed by atoms with E-state index in [9.17, 15) is 4.79 Å². The van der Waals surface area contributed by atoms with E-state index < -0.39 is 0 Å². The maximum Gasteiger partial charge on any atom is 0.222 e. The first-order valence-corrected chi connectivity index (χ1v) is 9.62. The summed E-state index contributed by atoms with van der Waals surface area (Å²) in [4.78, 5) is 21.6. The molecular formula is C20H29N3O. The van der Waals surface area contributed by atoms with Crippen LogP contribution in [0, 0.1) is 11.3 Å². The van der Waals surface area contributed by atoms with Crippen LogP contribution in [0.3, 0.4) is 0 Å². The highest BCUT2D eigenvalue weighted by Gasteiger charge is 2.43. The summed E-state index contributed by atoms with van der Waals surface area (Å²) >= 11 is 0. The lowest BCUT2D eigenvalue weighted by Crippen LogP contribution is -2.46. The third kappa shape index (κ3) is 3.80. The van der Waals surface area contributed by atoms with Gasteiger partial charge in [-0.25, -0.2) is 0 Å². The number of nitrogens with zero attached hydrogens (tertiary/aromatic N) is 3. The number of likely N-dealkylation sites (tertiary alicyclic amines) is 2. The van der Waals surface area contributed by atoms with Crippen LogP contribution in [-0.4, -0.2) is 53.4 Å². The molecule has 1 spiro atoms. The molecule has 0 aromatic carbocycles. The van der Waals surface area contributed by atoms with Crippen LogP contribution >= 0.6 is 0 Å². The Morgan fingerprint density at radius 1 is 1.25 bits per heavy atom. The highest BCUT2D eigenvalue weighted by Crippen LogP contribution is 2.40. The molecule has 4 heteroatoms. The van der Waals surface area contributed by atoms with Gasteiger partial charge in [-0.3, -0.25) is 9.78 Å². The molecule has 3 fully saturated rings. The van der Waals surface area contributed by atoms with E-state index in [1.54, 1.807) is 6.20 Å². The maximum absolute atomic E-state index is 12.6. The van der Waals surface area contributed by atoms with Crippen molar-refractivity contribution < 1.29 is 4.79 Å². The van der Waals surface area contributed by atoms with Gasteiger partial charge in [0.1, 0.15) is 0 Å². The average molecular weight is 327 g/mol. The molecule has 0 radical (unpaired) electrons. The number of rotatable bonds is 5. The van der Waals surface area contributed by atoms with Crippen LogP contribution in [-0.2, 0) is 11.2 Å². The normalized spacial score (nSPS) is 27.8. The van der Waals surface area contributed by atoms with Crippen molar-refractivity contribution in [1.82, 2.24) is 14.8 Å². The van der Waals surface area contributed by atoms with Gasteiger partial charge in [-0.2, -0.15) is 0 Å². The molecule has 1 aromatic heterocycles. The monoisotopic (exact) mass is 327 g/mol. The molecule has 0 N–H and O–H groups in total. The minimum atomic E-state index is 0.329. The topological polar surface area (TPSA) is 36.4 Å². The molecule has 1 atom stereocenters. The first-order chi connectivity index (χ1) is 11.7. The van der Waals surface area contributed by atoms with Gasteiger partial charge >= 0.3 is 0 Å². The number of aryl methyl sites for hydroxylation is 1. The Morgan fingerprint density at radius 2 is 2.17 bits per heavy atom. The summed E-state index contributed by atoms with van der Waals surface area (Å²) < 4.78 is 0. The summed E-state index contributed by atoms with van der Waals surface area (Å²) in [6.07, 6.45) is 11.8. The molecule has 4 rings (SSSR count). The van der Waals surface area contributed by atoms with Gasteiger partial charge in [0, 0.05) is 50.4 Å². The highest BCUT2D eigenvalue weighted by atomic mass is 16.2. The minimum Gasteiger partial charge on any atom is -0.342 e. The summed E-state index contributed by atoms with van der Waals surface area (Å²) in [5.41, 5.74) is 1.55. The second kappa shape index (κ2) is 6.83. The van der Waals surface area contributed by atoms with Crippen molar-refractivity contribution in [3.05, 3.63) is 30.1 Å². The standard InChI is InChI=1S/C20H29N3O/c24-19(7-6-17-3-1-10-21-13-17)23-12-9-20(16-23)8-2-11-22(15-20)14-18-4-5-18/h1,3,10,13,18H,2,4-9,11-12,14-16H2. The Hall–Kier alpha value is -1.42. The van der Waals surface area contributed by atoms with Crippen molar-refractivity contribution in [2.75, 3.05) is 32.7 Å². The Bertz CT molecular complexity index is 572. The lowest BCUT2D eigenvalue weighted by molar-refractivity contribution is -0.130. The lowest BCUT2D eigenvalue weighted by atomic mass is 9.79. The van der Waals surface area contributed by atoms with Gasteiger partial charge in [0.25, 0.3) is 0 Å². The second-order valence-electron chi connectivity index (χ2n) is 8.21. The van der Waals surface area contributed by atoms with Crippen molar-refractivity contribution in [3.8, 4) is 0 Å². The van der Waals surface area contributed by atoms with E-state index in [1.165, 1.54) is 51.7 Å². The maximum atomic E-state index is 12.6. The van der Waals surface area contributed by atoms with Gasteiger partial charge in [-0.1, -0.05) is 6.07 Å². The van der Waals surface area contributed by atoms with Crippen LogP contribution in [0.2, 0.25) is 0 Å². The van der Waals surface area contributed by atoms with Gasteiger partial charge in [0.15, 0.2) is 0 Å². The number of amides is 1. The molecule has 2 saturated heterocycles. The summed E-state index contributed by atoms with van der Waals surface area (Å²) in [5, 5.41) is 0.